The van der Waals surface area contributed by atoms with Crippen molar-refractivity contribution in [2.75, 3.05) is 12.9 Å². The highest BCUT2D eigenvalue weighted by Crippen LogP contribution is 2.15. The Hall–Kier alpha value is 0.0500. The van der Waals surface area contributed by atoms with Crippen molar-refractivity contribution < 1.29 is 4.74 Å². The normalized spacial score (nSPS) is 29.0. The summed E-state index contributed by atoms with van der Waals surface area (Å²) in [6, 6.07) is 0. The van der Waals surface area contributed by atoms with Crippen molar-refractivity contribution in [2.24, 2.45) is 0 Å². The van der Waals surface area contributed by atoms with Gasteiger partial charge in [-0.25, -0.2) is 0 Å². The van der Waals surface area contributed by atoms with E-state index in [1.165, 1.54) is 0 Å². The van der Waals surface area contributed by atoms with Crippen LogP contribution in [0.2, 0.25) is 0 Å². The summed E-state index contributed by atoms with van der Waals surface area (Å²) < 4.78 is 5.00. The Labute approximate surface area is 47.7 Å². The summed E-state index contributed by atoms with van der Waals surface area (Å²) >= 11 is 1.80. The number of thioether (sulfide) groups is 1. The summed E-state index contributed by atoms with van der Waals surface area (Å²) in [4.78, 5) is 0. The van der Waals surface area contributed by atoms with E-state index in [4.69, 9.17) is 4.74 Å². The van der Waals surface area contributed by atoms with Crippen molar-refractivity contribution in [3.05, 3.63) is 11.5 Å². The molecule has 1 unspecified atom stereocenters. The van der Waals surface area contributed by atoms with Crippen molar-refractivity contribution >= 4 is 11.8 Å². The average molecular weight is 116 g/mol. The van der Waals surface area contributed by atoms with Gasteiger partial charge in [-0.1, -0.05) is 0 Å². The van der Waals surface area contributed by atoms with Gasteiger partial charge in [0.15, 0.2) is 0 Å². The number of methoxy groups -OCH3 is 1. The summed E-state index contributed by atoms with van der Waals surface area (Å²) in [6.07, 6.45) is 2.45. The predicted molar refractivity (Wildman–Crippen MR) is 32.4 cm³/mol. The molecule has 1 nitrogen and oxygen atoms in total. The van der Waals surface area contributed by atoms with Crippen LogP contribution in [0.3, 0.4) is 0 Å². The molecule has 2 heteroatoms. The maximum atomic E-state index is 5.00. The van der Waals surface area contributed by atoms with E-state index in [2.05, 4.69) is 11.5 Å². The van der Waals surface area contributed by atoms with Gasteiger partial charge in [-0.15, -0.1) is 11.8 Å². The van der Waals surface area contributed by atoms with Gasteiger partial charge in [0.2, 0.25) is 0 Å². The van der Waals surface area contributed by atoms with Gasteiger partial charge >= 0.3 is 0 Å². The molecule has 0 spiro atoms. The van der Waals surface area contributed by atoms with Gasteiger partial charge in [0.05, 0.1) is 6.10 Å². The molecule has 0 radical (unpaired) electrons. The Morgan fingerprint density at radius 2 is 2.71 bits per heavy atom. The van der Waals surface area contributed by atoms with Gasteiger partial charge in [0.25, 0.3) is 0 Å². The van der Waals surface area contributed by atoms with Crippen molar-refractivity contribution in [2.45, 2.75) is 6.10 Å². The molecule has 0 fully saturated rings. The molecule has 1 atom stereocenters. The Bertz CT molecular complexity index is 80.1. The van der Waals surface area contributed by atoms with Crippen molar-refractivity contribution in [1.82, 2.24) is 0 Å². The zero-order chi connectivity index (χ0) is 5.11. The molecule has 0 aromatic heterocycles. The Morgan fingerprint density at radius 3 is 3.00 bits per heavy atom. The molecule has 0 N–H and O–H groups in total. The van der Waals surface area contributed by atoms with Gasteiger partial charge in [-0.2, -0.15) is 0 Å². The molecule has 0 saturated carbocycles. The van der Waals surface area contributed by atoms with E-state index in [-0.39, 0.29) is 0 Å². The second-order valence-corrected chi connectivity index (χ2v) is 2.37. The van der Waals surface area contributed by atoms with Crippen LogP contribution in [0.25, 0.3) is 0 Å². The fraction of sp³-hybridized carbons (Fsp3) is 0.600. The van der Waals surface area contributed by atoms with Crippen LogP contribution < -0.4 is 0 Å². The molecule has 0 aromatic carbocycles. The van der Waals surface area contributed by atoms with E-state index < -0.39 is 0 Å². The van der Waals surface area contributed by atoms with Crippen LogP contribution in [-0.4, -0.2) is 19.0 Å². The third-order valence-electron chi connectivity index (χ3n) is 0.953. The quantitative estimate of drug-likeness (QED) is 0.510. The van der Waals surface area contributed by atoms with E-state index >= 15 is 0 Å². The number of rotatable bonds is 1. The molecule has 1 rings (SSSR count). The SMILES string of the molecule is COC1C=CSC1. The third kappa shape index (κ3) is 1.21. The van der Waals surface area contributed by atoms with Gasteiger partial charge in [0, 0.05) is 12.9 Å². The number of ether oxygens (including phenoxy) is 1. The lowest BCUT2D eigenvalue weighted by molar-refractivity contribution is 0.161. The Balaban J connectivity index is 2.28. The molecule has 1 aliphatic rings. The van der Waals surface area contributed by atoms with E-state index in [1.807, 2.05) is 0 Å². The topological polar surface area (TPSA) is 9.23 Å². The average Bonchev–Trinajstić information content (AvgIpc) is 2.14. The van der Waals surface area contributed by atoms with Crippen LogP contribution in [0.5, 0.6) is 0 Å². The number of hydrogen-bond donors (Lipinski definition) is 0. The Kier molecular flexibility index (Phi) is 1.77. The van der Waals surface area contributed by atoms with Crippen molar-refractivity contribution in [1.29, 1.82) is 0 Å². The van der Waals surface area contributed by atoms with Gasteiger partial charge in [-0.3, -0.25) is 0 Å². The maximum Gasteiger partial charge on any atom is 0.0853 e. The number of hydrogen-bond acceptors (Lipinski definition) is 2. The minimum atomic E-state index is 0.380. The molecule has 0 saturated heterocycles. The molecule has 40 valence electrons. The molecule has 0 aliphatic carbocycles. The first-order valence-electron chi connectivity index (χ1n) is 2.24. The standard InChI is InChI=1S/C5H8OS/c1-6-5-2-3-7-4-5/h2-3,5H,4H2,1H3. The molecular formula is C5H8OS. The predicted octanol–water partition coefficient (Wildman–Crippen LogP) is 1.26. The van der Waals surface area contributed by atoms with Crippen LogP contribution in [-0.2, 0) is 4.74 Å². The highest BCUT2D eigenvalue weighted by Gasteiger charge is 2.05. The molecular weight excluding hydrogens is 108 g/mol. The maximum absolute atomic E-state index is 5.00. The van der Waals surface area contributed by atoms with Gasteiger partial charge < -0.3 is 4.74 Å². The summed E-state index contributed by atoms with van der Waals surface area (Å²) in [5.41, 5.74) is 0. The largest absolute Gasteiger partial charge is 0.376 e. The summed E-state index contributed by atoms with van der Waals surface area (Å²) in [5.74, 6) is 1.09. The minimum Gasteiger partial charge on any atom is -0.376 e. The highest BCUT2D eigenvalue weighted by molar-refractivity contribution is 8.02. The minimum absolute atomic E-state index is 0.380. The van der Waals surface area contributed by atoms with Crippen LogP contribution >= 0.6 is 11.8 Å². The lowest BCUT2D eigenvalue weighted by atomic mass is 10.4. The first kappa shape index (κ1) is 5.19. The zero-order valence-electron chi connectivity index (χ0n) is 4.26. The molecule has 7 heavy (non-hydrogen) atoms. The van der Waals surface area contributed by atoms with Crippen LogP contribution in [0.15, 0.2) is 11.5 Å². The van der Waals surface area contributed by atoms with Crippen LogP contribution in [0, 0.1) is 0 Å². The molecule has 1 heterocycles. The van der Waals surface area contributed by atoms with E-state index in [0.717, 1.165) is 5.75 Å². The van der Waals surface area contributed by atoms with Crippen molar-refractivity contribution in [3.63, 3.8) is 0 Å². The lowest BCUT2D eigenvalue weighted by Crippen LogP contribution is -2.04. The molecule has 0 aromatic rings. The monoisotopic (exact) mass is 116 g/mol. The van der Waals surface area contributed by atoms with Crippen molar-refractivity contribution in [3.8, 4) is 0 Å². The lowest BCUT2D eigenvalue weighted by Gasteiger charge is -1.99. The van der Waals surface area contributed by atoms with Crippen LogP contribution in [0.4, 0.5) is 0 Å². The zero-order valence-corrected chi connectivity index (χ0v) is 5.07. The molecule has 0 bridgehead atoms. The van der Waals surface area contributed by atoms with Gasteiger partial charge in [0.1, 0.15) is 0 Å². The summed E-state index contributed by atoms with van der Waals surface area (Å²) in [7, 11) is 1.74. The van der Waals surface area contributed by atoms with E-state index in [1.54, 1.807) is 18.9 Å². The second-order valence-electron chi connectivity index (χ2n) is 1.44. The summed E-state index contributed by atoms with van der Waals surface area (Å²) in [5, 5.41) is 2.08. The van der Waals surface area contributed by atoms with Gasteiger partial charge in [-0.05, 0) is 11.5 Å². The fourth-order valence-electron chi connectivity index (χ4n) is 0.496. The second kappa shape index (κ2) is 2.38. The molecule has 1 aliphatic heterocycles. The Morgan fingerprint density at radius 1 is 1.86 bits per heavy atom. The first-order chi connectivity index (χ1) is 3.43. The highest BCUT2D eigenvalue weighted by atomic mass is 32.2. The van der Waals surface area contributed by atoms with E-state index in [0.29, 0.717) is 6.10 Å². The fourth-order valence-corrected chi connectivity index (χ4v) is 1.33. The third-order valence-corrected chi connectivity index (χ3v) is 1.82. The van der Waals surface area contributed by atoms with Crippen LogP contribution in [0.1, 0.15) is 0 Å². The van der Waals surface area contributed by atoms with E-state index in [9.17, 15) is 0 Å². The smallest absolute Gasteiger partial charge is 0.0853 e. The summed E-state index contributed by atoms with van der Waals surface area (Å²) in [6.45, 7) is 0. The molecule has 0 amide bonds. The first-order valence-corrected chi connectivity index (χ1v) is 3.29.